The average Bonchev–Trinajstić information content (AvgIpc) is 3.01. The molecule has 2 atom stereocenters. The molecule has 4 rings (SSSR count). The SMILES string of the molecule is Cc1ccc(N2C(=O)N(c3cccc(C)c3C)[C@H]3CS(=O)(=O)C[C@H]32)cc1. The summed E-state index contributed by atoms with van der Waals surface area (Å²) in [6.07, 6.45) is 0. The number of amides is 2. The van der Waals surface area contributed by atoms with E-state index in [-0.39, 0.29) is 29.6 Å². The summed E-state index contributed by atoms with van der Waals surface area (Å²) in [6, 6.07) is 12.6. The molecule has 2 aliphatic heterocycles. The number of carbonyl (C=O) groups is 1. The number of carbonyl (C=O) groups excluding carboxylic acids is 1. The number of hydrogen-bond acceptors (Lipinski definition) is 3. The first-order valence-corrected chi connectivity index (χ1v) is 10.6. The van der Waals surface area contributed by atoms with Gasteiger partial charge in [0.2, 0.25) is 0 Å². The van der Waals surface area contributed by atoms with Crippen LogP contribution in [-0.4, -0.2) is 38.0 Å². The molecule has 0 aromatic heterocycles. The van der Waals surface area contributed by atoms with E-state index in [9.17, 15) is 13.2 Å². The van der Waals surface area contributed by atoms with Crippen LogP contribution < -0.4 is 9.80 Å². The number of sulfone groups is 1. The lowest BCUT2D eigenvalue weighted by molar-refractivity contribution is 0.255. The number of rotatable bonds is 2. The van der Waals surface area contributed by atoms with Crippen LogP contribution in [-0.2, 0) is 9.84 Å². The molecule has 6 heteroatoms. The van der Waals surface area contributed by atoms with Gasteiger partial charge in [0.1, 0.15) is 0 Å². The molecular weight excluding hydrogens is 348 g/mol. The van der Waals surface area contributed by atoms with Gasteiger partial charge in [-0.05, 0) is 50.1 Å². The number of aryl methyl sites for hydroxylation is 2. The maximum absolute atomic E-state index is 13.3. The van der Waals surface area contributed by atoms with Gasteiger partial charge in [0.05, 0.1) is 23.6 Å². The third-order valence-corrected chi connectivity index (χ3v) is 7.22. The molecule has 0 radical (unpaired) electrons. The van der Waals surface area contributed by atoms with Gasteiger partial charge in [-0.2, -0.15) is 0 Å². The highest BCUT2D eigenvalue weighted by Gasteiger charge is 2.54. The van der Waals surface area contributed by atoms with E-state index in [1.807, 2.05) is 63.2 Å². The Morgan fingerprint density at radius 1 is 0.885 bits per heavy atom. The van der Waals surface area contributed by atoms with Crippen molar-refractivity contribution in [3.8, 4) is 0 Å². The number of hydrogen-bond donors (Lipinski definition) is 0. The third-order valence-electron chi connectivity index (χ3n) is 5.52. The van der Waals surface area contributed by atoms with Gasteiger partial charge >= 0.3 is 6.03 Å². The molecule has 26 heavy (non-hydrogen) atoms. The van der Waals surface area contributed by atoms with E-state index >= 15 is 0 Å². The van der Waals surface area contributed by atoms with E-state index in [4.69, 9.17) is 0 Å². The molecule has 0 saturated carbocycles. The first-order valence-electron chi connectivity index (χ1n) is 8.74. The van der Waals surface area contributed by atoms with Gasteiger partial charge in [-0.1, -0.05) is 29.8 Å². The molecule has 2 heterocycles. The Morgan fingerprint density at radius 2 is 1.50 bits per heavy atom. The van der Waals surface area contributed by atoms with E-state index in [0.29, 0.717) is 0 Å². The van der Waals surface area contributed by atoms with Crippen molar-refractivity contribution in [2.45, 2.75) is 32.9 Å². The summed E-state index contributed by atoms with van der Waals surface area (Å²) in [5.74, 6) is 0.0256. The molecule has 2 saturated heterocycles. The first-order chi connectivity index (χ1) is 12.3. The van der Waals surface area contributed by atoms with E-state index in [2.05, 4.69) is 0 Å². The summed E-state index contributed by atoms with van der Waals surface area (Å²) in [6.45, 7) is 5.96. The minimum atomic E-state index is -3.18. The smallest absolute Gasteiger partial charge is 0.288 e. The summed E-state index contributed by atoms with van der Waals surface area (Å²) in [4.78, 5) is 16.7. The van der Waals surface area contributed by atoms with Crippen molar-refractivity contribution in [1.29, 1.82) is 0 Å². The number of urea groups is 1. The van der Waals surface area contributed by atoms with Crippen LogP contribution >= 0.6 is 0 Å². The van der Waals surface area contributed by atoms with Gasteiger partial charge in [-0.3, -0.25) is 9.80 Å². The van der Waals surface area contributed by atoms with Crippen molar-refractivity contribution >= 4 is 27.2 Å². The van der Waals surface area contributed by atoms with Gasteiger partial charge in [0, 0.05) is 11.4 Å². The Balaban J connectivity index is 1.84. The van der Waals surface area contributed by atoms with Crippen molar-refractivity contribution in [1.82, 2.24) is 0 Å². The lowest BCUT2D eigenvalue weighted by Gasteiger charge is -2.24. The van der Waals surface area contributed by atoms with E-state index in [1.54, 1.807) is 9.80 Å². The highest BCUT2D eigenvalue weighted by molar-refractivity contribution is 7.91. The fourth-order valence-corrected chi connectivity index (χ4v) is 5.91. The summed E-state index contributed by atoms with van der Waals surface area (Å²) < 4.78 is 24.7. The maximum atomic E-state index is 13.3. The monoisotopic (exact) mass is 370 g/mol. The molecule has 5 nitrogen and oxygen atoms in total. The van der Waals surface area contributed by atoms with Crippen LogP contribution in [0.4, 0.5) is 16.2 Å². The fraction of sp³-hybridized carbons (Fsp3) is 0.350. The molecule has 0 N–H and O–H groups in total. The zero-order valence-corrected chi connectivity index (χ0v) is 16.0. The van der Waals surface area contributed by atoms with Gasteiger partial charge in [0.15, 0.2) is 9.84 Å². The lowest BCUT2D eigenvalue weighted by Crippen LogP contribution is -2.38. The maximum Gasteiger partial charge on any atom is 0.329 e. The van der Waals surface area contributed by atoms with Crippen LogP contribution in [0.15, 0.2) is 42.5 Å². The predicted octanol–water partition coefficient (Wildman–Crippen LogP) is 3.22. The van der Waals surface area contributed by atoms with Gasteiger partial charge in [-0.15, -0.1) is 0 Å². The Hall–Kier alpha value is -2.34. The van der Waals surface area contributed by atoms with Crippen LogP contribution in [0, 0.1) is 20.8 Å². The summed E-state index contributed by atoms with van der Waals surface area (Å²) in [5.41, 5.74) is 4.75. The predicted molar refractivity (Wildman–Crippen MR) is 104 cm³/mol. The van der Waals surface area contributed by atoms with E-state index < -0.39 is 9.84 Å². The Morgan fingerprint density at radius 3 is 2.15 bits per heavy atom. The summed E-state index contributed by atoms with van der Waals surface area (Å²) in [7, 11) is -3.18. The Labute approximate surface area is 154 Å². The second-order valence-electron chi connectivity index (χ2n) is 7.29. The summed E-state index contributed by atoms with van der Waals surface area (Å²) >= 11 is 0. The van der Waals surface area contributed by atoms with Crippen molar-refractivity contribution in [2.24, 2.45) is 0 Å². The minimum Gasteiger partial charge on any atom is -0.288 e. The molecule has 2 aromatic rings. The zero-order valence-electron chi connectivity index (χ0n) is 15.1. The minimum absolute atomic E-state index is 0.0125. The highest BCUT2D eigenvalue weighted by atomic mass is 32.2. The van der Waals surface area contributed by atoms with Gasteiger partial charge < -0.3 is 0 Å². The quantitative estimate of drug-likeness (QED) is 0.763. The molecular formula is C20H22N2O3S. The largest absolute Gasteiger partial charge is 0.329 e. The molecule has 0 unspecified atom stereocenters. The van der Waals surface area contributed by atoms with E-state index in [1.165, 1.54) is 0 Å². The third kappa shape index (κ3) is 2.60. The fourth-order valence-electron chi connectivity index (χ4n) is 3.99. The molecule has 0 spiro atoms. The Bertz CT molecular complexity index is 983. The van der Waals surface area contributed by atoms with E-state index in [0.717, 1.165) is 28.1 Å². The molecule has 0 aliphatic carbocycles. The number of anilines is 2. The Kier molecular flexibility index (Phi) is 3.84. The van der Waals surface area contributed by atoms with Crippen molar-refractivity contribution in [3.63, 3.8) is 0 Å². The van der Waals surface area contributed by atoms with Gasteiger partial charge in [-0.25, -0.2) is 13.2 Å². The van der Waals surface area contributed by atoms with Gasteiger partial charge in [0.25, 0.3) is 0 Å². The highest BCUT2D eigenvalue weighted by Crippen LogP contribution is 2.39. The van der Waals surface area contributed by atoms with Crippen LogP contribution in [0.3, 0.4) is 0 Å². The normalized spacial score (nSPS) is 24.2. The van der Waals surface area contributed by atoms with Crippen LogP contribution in [0.2, 0.25) is 0 Å². The summed E-state index contributed by atoms with van der Waals surface area (Å²) in [5, 5.41) is 0. The standard InChI is InChI=1S/C20H22N2O3S/c1-13-7-9-16(10-8-13)21-18-11-26(24,25)12-19(18)22(20(21)23)17-6-4-5-14(2)15(17)3/h4-10,18-19H,11-12H2,1-3H3/t18-,19+/m1/s1. The number of fused-ring (bicyclic) bond motifs is 1. The van der Waals surface area contributed by atoms with Crippen LogP contribution in [0.25, 0.3) is 0 Å². The van der Waals surface area contributed by atoms with Crippen molar-refractivity contribution in [2.75, 3.05) is 21.3 Å². The number of nitrogens with zero attached hydrogens (tertiary/aromatic N) is 2. The van der Waals surface area contributed by atoms with Crippen LogP contribution in [0.5, 0.6) is 0 Å². The molecule has 2 amide bonds. The molecule has 0 bridgehead atoms. The first kappa shape index (κ1) is 17.1. The van der Waals surface area contributed by atoms with Crippen molar-refractivity contribution < 1.29 is 13.2 Å². The second-order valence-corrected chi connectivity index (χ2v) is 9.44. The topological polar surface area (TPSA) is 57.7 Å². The lowest BCUT2D eigenvalue weighted by atomic mass is 10.1. The zero-order chi connectivity index (χ0) is 18.6. The van der Waals surface area contributed by atoms with Crippen molar-refractivity contribution in [3.05, 3.63) is 59.2 Å². The average molecular weight is 370 g/mol. The molecule has 2 aliphatic rings. The number of benzene rings is 2. The molecule has 136 valence electrons. The van der Waals surface area contributed by atoms with Crippen LogP contribution in [0.1, 0.15) is 16.7 Å². The second kappa shape index (κ2) is 5.84. The molecule has 2 fully saturated rings. The molecule has 2 aromatic carbocycles.